The number of rotatable bonds is 5. The summed E-state index contributed by atoms with van der Waals surface area (Å²) >= 11 is 1.60. The first-order valence-electron chi connectivity index (χ1n) is 5.82. The first kappa shape index (κ1) is 18.5. The second kappa shape index (κ2) is 10.3. The third-order valence-electron chi connectivity index (χ3n) is 2.63. The highest BCUT2D eigenvalue weighted by atomic mass is 35.5. The van der Waals surface area contributed by atoms with Gasteiger partial charge in [0.2, 0.25) is 5.91 Å². The van der Waals surface area contributed by atoms with Crippen molar-refractivity contribution >= 4 is 42.5 Å². The van der Waals surface area contributed by atoms with Crippen LogP contribution in [0.3, 0.4) is 0 Å². The molecule has 2 heterocycles. The molecule has 2 N–H and O–H groups in total. The van der Waals surface area contributed by atoms with Crippen molar-refractivity contribution in [2.75, 3.05) is 18.8 Å². The maximum Gasteiger partial charge on any atom is 0.230 e. The van der Waals surface area contributed by atoms with Gasteiger partial charge in [0.05, 0.1) is 11.4 Å². The molecule has 7 heteroatoms. The molecule has 0 spiro atoms. The molecule has 4 nitrogen and oxygen atoms in total. The number of carbonyl (C=O) groups is 1. The van der Waals surface area contributed by atoms with Crippen LogP contribution in [0.15, 0.2) is 24.4 Å². The number of thioether (sulfide) groups is 1. The van der Waals surface area contributed by atoms with Crippen LogP contribution in [-0.2, 0) is 10.5 Å². The van der Waals surface area contributed by atoms with Crippen LogP contribution in [0.5, 0.6) is 0 Å². The van der Waals surface area contributed by atoms with E-state index < -0.39 is 0 Å². The van der Waals surface area contributed by atoms with Gasteiger partial charge in [-0.05, 0) is 25.1 Å². The Kier molecular flexibility index (Phi) is 10.0. The Labute approximate surface area is 130 Å². The van der Waals surface area contributed by atoms with E-state index in [1.165, 1.54) is 0 Å². The molecule has 0 saturated carbocycles. The van der Waals surface area contributed by atoms with Crippen molar-refractivity contribution in [3.05, 3.63) is 30.1 Å². The van der Waals surface area contributed by atoms with E-state index in [4.69, 9.17) is 0 Å². The molecule has 2 rings (SSSR count). The largest absolute Gasteiger partial charge is 0.351 e. The summed E-state index contributed by atoms with van der Waals surface area (Å²) in [6, 6.07) is 6.16. The highest BCUT2D eigenvalue weighted by Crippen LogP contribution is 2.09. The lowest BCUT2D eigenvalue weighted by atomic mass is 10.3. The van der Waals surface area contributed by atoms with Gasteiger partial charge in [0, 0.05) is 24.5 Å². The van der Waals surface area contributed by atoms with Crippen LogP contribution in [-0.4, -0.2) is 35.8 Å². The summed E-state index contributed by atoms with van der Waals surface area (Å²) in [6.45, 7) is 1.91. The summed E-state index contributed by atoms with van der Waals surface area (Å²) in [7, 11) is 0. The standard InChI is InChI=1S/C12H17N3OS.2ClH/c16-12(15-10-4-6-13-7-10)9-17-8-11-3-1-2-5-14-11;;/h1-3,5,10,13H,4,6-9H2,(H,15,16);2*1H. The van der Waals surface area contributed by atoms with Gasteiger partial charge in [0.15, 0.2) is 0 Å². The van der Waals surface area contributed by atoms with Crippen molar-refractivity contribution in [1.82, 2.24) is 15.6 Å². The fourth-order valence-electron chi connectivity index (χ4n) is 1.78. The molecular formula is C12H19Cl2N3OS. The summed E-state index contributed by atoms with van der Waals surface area (Å²) in [5.41, 5.74) is 1.02. The van der Waals surface area contributed by atoms with Gasteiger partial charge in [0.1, 0.15) is 0 Å². The fraction of sp³-hybridized carbons (Fsp3) is 0.500. The monoisotopic (exact) mass is 323 g/mol. The van der Waals surface area contributed by atoms with Gasteiger partial charge in [-0.3, -0.25) is 9.78 Å². The minimum Gasteiger partial charge on any atom is -0.351 e. The van der Waals surface area contributed by atoms with Crippen molar-refractivity contribution in [2.45, 2.75) is 18.2 Å². The number of hydrogen-bond acceptors (Lipinski definition) is 4. The molecule has 1 saturated heterocycles. The molecule has 0 bridgehead atoms. The SMILES string of the molecule is Cl.Cl.O=C(CSCc1ccccn1)NC1CCNC1. The van der Waals surface area contributed by atoms with Crippen molar-refractivity contribution in [3.8, 4) is 0 Å². The topological polar surface area (TPSA) is 54.0 Å². The predicted octanol–water partition coefficient (Wildman–Crippen LogP) is 1.64. The third kappa shape index (κ3) is 7.01. The first-order chi connectivity index (χ1) is 8.34. The summed E-state index contributed by atoms with van der Waals surface area (Å²) in [4.78, 5) is 15.8. The lowest BCUT2D eigenvalue weighted by Crippen LogP contribution is -2.37. The molecule has 1 amide bonds. The molecule has 1 aliphatic heterocycles. The van der Waals surface area contributed by atoms with E-state index in [-0.39, 0.29) is 30.7 Å². The molecule has 1 unspecified atom stereocenters. The molecule has 0 aliphatic carbocycles. The molecule has 1 fully saturated rings. The van der Waals surface area contributed by atoms with Gasteiger partial charge in [-0.15, -0.1) is 36.6 Å². The van der Waals surface area contributed by atoms with Gasteiger partial charge < -0.3 is 10.6 Å². The zero-order valence-corrected chi connectivity index (χ0v) is 13.0. The van der Waals surface area contributed by atoms with Crippen LogP contribution in [0.4, 0.5) is 0 Å². The number of halogens is 2. The summed E-state index contributed by atoms with van der Waals surface area (Å²) in [5, 5.41) is 6.25. The Balaban J connectivity index is 0.00000162. The highest BCUT2D eigenvalue weighted by Gasteiger charge is 2.16. The molecule has 1 aromatic rings. The Morgan fingerprint density at radius 1 is 1.47 bits per heavy atom. The van der Waals surface area contributed by atoms with Crippen LogP contribution in [0, 0.1) is 0 Å². The van der Waals surface area contributed by atoms with Gasteiger partial charge in [-0.25, -0.2) is 0 Å². The predicted molar refractivity (Wildman–Crippen MR) is 84.3 cm³/mol. The van der Waals surface area contributed by atoms with Crippen LogP contribution >= 0.6 is 36.6 Å². The summed E-state index contributed by atoms with van der Waals surface area (Å²) < 4.78 is 0. The first-order valence-corrected chi connectivity index (χ1v) is 6.98. The number of hydrogen-bond donors (Lipinski definition) is 2. The number of carbonyl (C=O) groups excluding carboxylic acids is 1. The van der Waals surface area contributed by atoms with Gasteiger partial charge in [0.25, 0.3) is 0 Å². The van der Waals surface area contributed by atoms with Crippen molar-refractivity contribution in [2.24, 2.45) is 0 Å². The fourth-order valence-corrected chi connectivity index (χ4v) is 2.53. The molecule has 1 atom stereocenters. The number of aromatic nitrogens is 1. The average molecular weight is 324 g/mol. The van der Waals surface area contributed by atoms with Gasteiger partial charge >= 0.3 is 0 Å². The van der Waals surface area contributed by atoms with E-state index in [0.717, 1.165) is 31.0 Å². The number of nitrogens with zero attached hydrogens (tertiary/aromatic N) is 1. The summed E-state index contributed by atoms with van der Waals surface area (Å²) in [5.74, 6) is 1.42. The minimum atomic E-state index is 0. The van der Waals surface area contributed by atoms with Crippen molar-refractivity contribution in [1.29, 1.82) is 0 Å². The van der Waals surface area contributed by atoms with Crippen LogP contribution < -0.4 is 10.6 Å². The normalized spacial score (nSPS) is 17.2. The van der Waals surface area contributed by atoms with E-state index in [9.17, 15) is 4.79 Å². The lowest BCUT2D eigenvalue weighted by molar-refractivity contribution is -0.119. The molecule has 0 aromatic carbocycles. The quantitative estimate of drug-likeness (QED) is 0.865. The second-order valence-electron chi connectivity index (χ2n) is 4.07. The van der Waals surface area contributed by atoms with Crippen molar-refractivity contribution < 1.29 is 4.79 Å². The molecule has 19 heavy (non-hydrogen) atoms. The maximum absolute atomic E-state index is 11.6. The maximum atomic E-state index is 11.6. The van der Waals surface area contributed by atoms with E-state index in [2.05, 4.69) is 15.6 Å². The second-order valence-corrected chi connectivity index (χ2v) is 5.06. The Morgan fingerprint density at radius 3 is 2.95 bits per heavy atom. The van der Waals surface area contributed by atoms with E-state index in [0.29, 0.717) is 11.8 Å². The number of amides is 1. The Morgan fingerprint density at radius 2 is 2.32 bits per heavy atom. The zero-order chi connectivity index (χ0) is 11.9. The highest BCUT2D eigenvalue weighted by molar-refractivity contribution is 7.99. The van der Waals surface area contributed by atoms with E-state index in [1.807, 2.05) is 18.2 Å². The molecule has 1 aliphatic rings. The number of pyridine rings is 1. The molecular weight excluding hydrogens is 305 g/mol. The van der Waals surface area contributed by atoms with E-state index in [1.54, 1.807) is 18.0 Å². The van der Waals surface area contributed by atoms with Crippen LogP contribution in [0.1, 0.15) is 12.1 Å². The third-order valence-corrected chi connectivity index (χ3v) is 3.60. The van der Waals surface area contributed by atoms with Crippen molar-refractivity contribution in [3.63, 3.8) is 0 Å². The number of nitrogens with one attached hydrogen (secondary N) is 2. The van der Waals surface area contributed by atoms with Gasteiger partial charge in [-0.2, -0.15) is 0 Å². The van der Waals surface area contributed by atoms with Crippen LogP contribution in [0.25, 0.3) is 0 Å². The smallest absolute Gasteiger partial charge is 0.230 e. The molecule has 108 valence electrons. The molecule has 1 aromatic heterocycles. The van der Waals surface area contributed by atoms with Crippen LogP contribution in [0.2, 0.25) is 0 Å². The van der Waals surface area contributed by atoms with E-state index >= 15 is 0 Å². The Bertz CT molecular complexity index is 361. The summed E-state index contributed by atoms with van der Waals surface area (Å²) in [6.07, 6.45) is 2.82. The minimum absolute atomic E-state index is 0. The Hall–Kier alpha value is -0.490. The average Bonchev–Trinajstić information content (AvgIpc) is 2.83. The zero-order valence-electron chi connectivity index (χ0n) is 10.5. The molecule has 0 radical (unpaired) electrons. The van der Waals surface area contributed by atoms with Gasteiger partial charge in [-0.1, -0.05) is 6.07 Å². The lowest BCUT2D eigenvalue weighted by Gasteiger charge is -2.10.